The second kappa shape index (κ2) is 8.13. The van der Waals surface area contributed by atoms with Gasteiger partial charge in [-0.25, -0.2) is 4.39 Å². The minimum Gasteiger partial charge on any atom is -0.324 e. The van der Waals surface area contributed by atoms with Crippen LogP contribution in [-0.4, -0.2) is 18.4 Å². The average Bonchev–Trinajstić information content (AvgIpc) is 2.56. The van der Waals surface area contributed by atoms with Crippen molar-refractivity contribution in [3.63, 3.8) is 0 Å². The summed E-state index contributed by atoms with van der Waals surface area (Å²) in [7, 11) is 0. The Hall–Kier alpha value is -2.69. The van der Waals surface area contributed by atoms with Crippen molar-refractivity contribution in [2.45, 2.75) is 39.5 Å². The van der Waals surface area contributed by atoms with Crippen LogP contribution < -0.4 is 10.2 Å². The summed E-state index contributed by atoms with van der Waals surface area (Å²) < 4.78 is 13.6. The van der Waals surface area contributed by atoms with Crippen molar-refractivity contribution >= 4 is 23.2 Å². The molecule has 0 atom stereocenters. The summed E-state index contributed by atoms with van der Waals surface area (Å²) in [6, 6.07) is 13.7. The minimum absolute atomic E-state index is 0.0270. The Morgan fingerprint density at radius 3 is 2.19 bits per heavy atom. The Kier molecular flexibility index (Phi) is 6.14. The third-order valence-electron chi connectivity index (χ3n) is 4.14. The second-order valence-electron chi connectivity index (χ2n) is 7.25. The van der Waals surface area contributed by atoms with E-state index < -0.39 is 5.82 Å². The van der Waals surface area contributed by atoms with Gasteiger partial charge in [-0.05, 0) is 35.2 Å². The van der Waals surface area contributed by atoms with Gasteiger partial charge in [0.1, 0.15) is 5.82 Å². The van der Waals surface area contributed by atoms with Crippen molar-refractivity contribution in [2.75, 3.05) is 16.8 Å². The van der Waals surface area contributed by atoms with Gasteiger partial charge >= 0.3 is 0 Å². The van der Waals surface area contributed by atoms with Crippen molar-refractivity contribution in [3.05, 3.63) is 59.9 Å². The van der Waals surface area contributed by atoms with Gasteiger partial charge in [-0.2, -0.15) is 0 Å². The molecule has 0 aromatic heterocycles. The standard InChI is InChI=1S/C21H25FN2O2/c1-15(25)24(17-11-9-16(10-12-17)21(2,3)4)14-13-20(26)23-19-8-6-5-7-18(19)22/h5-12H,13-14H2,1-4H3,(H,23,26). The van der Waals surface area contributed by atoms with Crippen molar-refractivity contribution in [1.82, 2.24) is 0 Å². The van der Waals surface area contributed by atoms with Crippen molar-refractivity contribution in [3.8, 4) is 0 Å². The number of nitrogens with one attached hydrogen (secondary N) is 1. The molecule has 0 fully saturated rings. The molecule has 0 radical (unpaired) electrons. The van der Waals surface area contributed by atoms with Crippen molar-refractivity contribution < 1.29 is 14.0 Å². The molecule has 0 aliphatic heterocycles. The zero-order valence-corrected chi connectivity index (χ0v) is 15.7. The fourth-order valence-corrected chi connectivity index (χ4v) is 2.60. The summed E-state index contributed by atoms with van der Waals surface area (Å²) in [5, 5.41) is 2.53. The molecule has 0 bridgehead atoms. The summed E-state index contributed by atoms with van der Waals surface area (Å²) in [5.41, 5.74) is 2.08. The van der Waals surface area contributed by atoms with E-state index in [2.05, 4.69) is 26.1 Å². The van der Waals surface area contributed by atoms with Gasteiger partial charge in [-0.3, -0.25) is 9.59 Å². The first-order valence-corrected chi connectivity index (χ1v) is 8.61. The lowest BCUT2D eigenvalue weighted by Crippen LogP contribution is -2.32. The predicted octanol–water partition coefficient (Wildman–Crippen LogP) is 4.50. The van der Waals surface area contributed by atoms with Crippen molar-refractivity contribution in [1.29, 1.82) is 0 Å². The number of amides is 2. The van der Waals surface area contributed by atoms with E-state index in [1.165, 1.54) is 24.6 Å². The highest BCUT2D eigenvalue weighted by molar-refractivity contribution is 5.94. The third kappa shape index (κ3) is 5.15. The lowest BCUT2D eigenvalue weighted by Gasteiger charge is -2.23. The number of carbonyl (C=O) groups excluding carboxylic acids is 2. The van der Waals surface area contributed by atoms with Crippen LogP contribution in [0.15, 0.2) is 48.5 Å². The number of hydrogen-bond acceptors (Lipinski definition) is 2. The minimum atomic E-state index is -0.484. The molecule has 2 amide bonds. The van der Waals surface area contributed by atoms with E-state index in [4.69, 9.17) is 0 Å². The van der Waals surface area contributed by atoms with E-state index >= 15 is 0 Å². The van der Waals surface area contributed by atoms with Gasteiger partial charge in [0.15, 0.2) is 0 Å². The van der Waals surface area contributed by atoms with Crippen LogP contribution in [0.25, 0.3) is 0 Å². The van der Waals surface area contributed by atoms with Crippen LogP contribution in [-0.2, 0) is 15.0 Å². The van der Waals surface area contributed by atoms with Gasteiger partial charge in [-0.1, -0.05) is 45.0 Å². The average molecular weight is 356 g/mol. The normalized spacial score (nSPS) is 11.1. The van der Waals surface area contributed by atoms with Gasteiger partial charge in [-0.15, -0.1) is 0 Å². The molecule has 2 aromatic rings. The molecule has 0 saturated carbocycles. The number of carbonyl (C=O) groups is 2. The molecule has 0 heterocycles. The molecule has 138 valence electrons. The molecule has 26 heavy (non-hydrogen) atoms. The largest absolute Gasteiger partial charge is 0.324 e. The molecule has 5 heteroatoms. The van der Waals surface area contributed by atoms with Crippen LogP contribution in [0.1, 0.15) is 39.7 Å². The Morgan fingerprint density at radius 2 is 1.65 bits per heavy atom. The zero-order valence-electron chi connectivity index (χ0n) is 15.7. The number of rotatable bonds is 5. The molecule has 0 unspecified atom stereocenters. The van der Waals surface area contributed by atoms with Crippen LogP contribution in [0.4, 0.5) is 15.8 Å². The molecule has 0 saturated heterocycles. The number of hydrogen-bond donors (Lipinski definition) is 1. The molecule has 4 nitrogen and oxygen atoms in total. The van der Waals surface area contributed by atoms with Crippen LogP contribution in [0.3, 0.4) is 0 Å². The SMILES string of the molecule is CC(=O)N(CCC(=O)Nc1ccccc1F)c1ccc(C(C)(C)C)cc1. The van der Waals surface area contributed by atoms with E-state index in [1.54, 1.807) is 17.0 Å². The quantitative estimate of drug-likeness (QED) is 0.857. The molecule has 0 aliphatic rings. The summed E-state index contributed by atoms with van der Waals surface area (Å²) in [4.78, 5) is 25.6. The first-order valence-electron chi connectivity index (χ1n) is 8.61. The van der Waals surface area contributed by atoms with Gasteiger partial charge in [0.2, 0.25) is 11.8 Å². The Balaban J connectivity index is 2.03. The Bertz CT molecular complexity index is 779. The number of para-hydroxylation sites is 1. The highest BCUT2D eigenvalue weighted by Crippen LogP contribution is 2.25. The summed E-state index contributed by atoms with van der Waals surface area (Å²) >= 11 is 0. The summed E-state index contributed by atoms with van der Waals surface area (Å²) in [6.45, 7) is 8.06. The fraction of sp³-hybridized carbons (Fsp3) is 0.333. The second-order valence-corrected chi connectivity index (χ2v) is 7.25. The highest BCUT2D eigenvalue weighted by atomic mass is 19.1. The van der Waals surface area contributed by atoms with E-state index in [1.807, 2.05) is 24.3 Å². The highest BCUT2D eigenvalue weighted by Gasteiger charge is 2.17. The first kappa shape index (κ1) is 19.6. The number of nitrogens with zero attached hydrogens (tertiary/aromatic N) is 1. The Labute approximate surface area is 154 Å². The predicted molar refractivity (Wildman–Crippen MR) is 103 cm³/mol. The van der Waals surface area contributed by atoms with Gasteiger partial charge in [0, 0.05) is 25.6 Å². The summed E-state index contributed by atoms with van der Waals surface area (Å²) in [5.74, 6) is -0.970. The van der Waals surface area contributed by atoms with Crippen LogP contribution in [0, 0.1) is 5.82 Å². The lowest BCUT2D eigenvalue weighted by atomic mass is 9.87. The van der Waals surface area contributed by atoms with E-state index in [-0.39, 0.29) is 35.9 Å². The van der Waals surface area contributed by atoms with E-state index in [0.717, 1.165) is 5.69 Å². The fourth-order valence-electron chi connectivity index (χ4n) is 2.60. The van der Waals surface area contributed by atoms with Crippen LogP contribution >= 0.6 is 0 Å². The molecule has 0 aliphatic carbocycles. The third-order valence-corrected chi connectivity index (χ3v) is 4.14. The molecule has 2 rings (SSSR count). The van der Waals surface area contributed by atoms with E-state index in [9.17, 15) is 14.0 Å². The van der Waals surface area contributed by atoms with Crippen LogP contribution in [0.5, 0.6) is 0 Å². The summed E-state index contributed by atoms with van der Waals surface area (Å²) in [6.07, 6.45) is 0.0783. The smallest absolute Gasteiger partial charge is 0.226 e. The maximum absolute atomic E-state index is 13.6. The molecule has 2 aromatic carbocycles. The topological polar surface area (TPSA) is 49.4 Å². The van der Waals surface area contributed by atoms with Gasteiger partial charge < -0.3 is 10.2 Å². The Morgan fingerprint density at radius 1 is 1.04 bits per heavy atom. The van der Waals surface area contributed by atoms with E-state index in [0.29, 0.717) is 0 Å². The van der Waals surface area contributed by atoms with Gasteiger partial charge in [0.25, 0.3) is 0 Å². The first-order chi connectivity index (χ1) is 12.2. The monoisotopic (exact) mass is 356 g/mol. The maximum Gasteiger partial charge on any atom is 0.226 e. The zero-order chi connectivity index (χ0) is 19.3. The van der Waals surface area contributed by atoms with Gasteiger partial charge in [0.05, 0.1) is 5.69 Å². The lowest BCUT2D eigenvalue weighted by molar-refractivity contribution is -0.117. The van der Waals surface area contributed by atoms with Crippen molar-refractivity contribution in [2.24, 2.45) is 0 Å². The molecular formula is C21H25FN2O2. The molecule has 0 spiro atoms. The number of benzene rings is 2. The molecule has 1 N–H and O–H groups in total. The number of anilines is 2. The maximum atomic E-state index is 13.6. The molecular weight excluding hydrogens is 331 g/mol. The number of halogens is 1. The van der Waals surface area contributed by atoms with Crippen LogP contribution in [0.2, 0.25) is 0 Å².